The lowest BCUT2D eigenvalue weighted by molar-refractivity contribution is 0.581. The van der Waals surface area contributed by atoms with Gasteiger partial charge in [-0.05, 0) is 36.8 Å². The van der Waals surface area contributed by atoms with Gasteiger partial charge in [0.25, 0.3) is 0 Å². The molecule has 2 atom stereocenters. The van der Waals surface area contributed by atoms with Crippen molar-refractivity contribution in [1.29, 1.82) is 0 Å². The Hall–Kier alpha value is -1.79. The molecular weight excluding hydrogens is 321 g/mol. The van der Waals surface area contributed by atoms with Gasteiger partial charge in [0.15, 0.2) is 10.8 Å². The van der Waals surface area contributed by atoms with Crippen LogP contribution in [-0.4, -0.2) is 9.19 Å². The highest BCUT2D eigenvalue weighted by molar-refractivity contribution is 7.84. The largest absolute Gasteiger partial charge is 0.462 e. The first-order chi connectivity index (χ1) is 10.6. The van der Waals surface area contributed by atoms with Crippen molar-refractivity contribution in [2.45, 2.75) is 17.9 Å². The third-order valence-corrected chi connectivity index (χ3v) is 5.85. The molecule has 2 aromatic heterocycles. The maximum atomic E-state index is 12.9. The molecule has 0 aliphatic rings. The Kier molecular flexibility index (Phi) is 4.49. The van der Waals surface area contributed by atoms with Crippen molar-refractivity contribution >= 4 is 22.1 Å². The second-order valence-electron chi connectivity index (χ2n) is 4.84. The number of halogens is 1. The summed E-state index contributed by atoms with van der Waals surface area (Å²) in [4.78, 5) is 4.45. The van der Waals surface area contributed by atoms with Crippen LogP contribution in [0.25, 0.3) is 10.8 Å². The summed E-state index contributed by atoms with van der Waals surface area (Å²) in [6, 6.07) is 9.79. The predicted octanol–water partition coefficient (Wildman–Crippen LogP) is 4.55. The van der Waals surface area contributed by atoms with E-state index in [0.717, 1.165) is 16.3 Å². The highest BCUT2D eigenvalue weighted by Crippen LogP contribution is 2.27. The molecule has 114 valence electrons. The minimum Gasteiger partial charge on any atom is -0.462 e. The number of furan rings is 1. The van der Waals surface area contributed by atoms with E-state index < -0.39 is 10.8 Å². The van der Waals surface area contributed by atoms with Gasteiger partial charge in [-0.3, -0.25) is 4.21 Å². The minimum absolute atomic E-state index is 0.172. The Morgan fingerprint density at radius 2 is 2.09 bits per heavy atom. The molecule has 0 saturated heterocycles. The summed E-state index contributed by atoms with van der Waals surface area (Å²) in [5.41, 5.74) is 1.64. The van der Waals surface area contributed by atoms with Crippen LogP contribution in [0, 0.1) is 5.82 Å². The van der Waals surface area contributed by atoms with Crippen molar-refractivity contribution in [3.63, 3.8) is 0 Å². The van der Waals surface area contributed by atoms with Gasteiger partial charge in [-0.2, -0.15) is 0 Å². The zero-order valence-corrected chi connectivity index (χ0v) is 13.5. The molecule has 3 rings (SSSR count). The molecule has 0 N–H and O–H groups in total. The Labute approximate surface area is 134 Å². The lowest BCUT2D eigenvalue weighted by Gasteiger charge is -2.10. The first-order valence-electron chi connectivity index (χ1n) is 6.74. The smallest absolute Gasteiger partial charge is 0.162 e. The summed E-state index contributed by atoms with van der Waals surface area (Å²) in [6.45, 7) is 1.88. The number of aromatic nitrogens is 1. The van der Waals surface area contributed by atoms with E-state index in [9.17, 15) is 8.60 Å². The molecule has 0 bridgehead atoms. The Morgan fingerprint density at radius 1 is 1.32 bits per heavy atom. The standard InChI is InChI=1S/C16H14FNO2S2/c1-11(12-4-6-13(17)7-5-12)22(19)10-14-9-21-16(18-14)15-3-2-8-20-15/h2-9,11H,10H2,1H3/t11-,22+/m1/s1. The maximum absolute atomic E-state index is 12.9. The Bertz CT molecular complexity index is 766. The van der Waals surface area contributed by atoms with Gasteiger partial charge in [-0.25, -0.2) is 9.37 Å². The second-order valence-corrected chi connectivity index (χ2v) is 7.46. The number of nitrogens with zero attached hydrogens (tertiary/aromatic N) is 1. The number of rotatable bonds is 5. The van der Waals surface area contributed by atoms with Crippen LogP contribution in [0.15, 0.2) is 52.5 Å². The van der Waals surface area contributed by atoms with Gasteiger partial charge >= 0.3 is 0 Å². The van der Waals surface area contributed by atoms with Gasteiger partial charge in [-0.1, -0.05) is 12.1 Å². The van der Waals surface area contributed by atoms with Crippen molar-refractivity contribution in [2.75, 3.05) is 0 Å². The first-order valence-corrected chi connectivity index (χ1v) is 9.00. The summed E-state index contributed by atoms with van der Waals surface area (Å²) < 4.78 is 30.7. The second kappa shape index (κ2) is 6.54. The zero-order chi connectivity index (χ0) is 15.5. The fourth-order valence-corrected chi connectivity index (χ4v) is 4.08. The van der Waals surface area contributed by atoms with E-state index in [1.807, 2.05) is 24.4 Å². The van der Waals surface area contributed by atoms with E-state index in [1.54, 1.807) is 18.4 Å². The maximum Gasteiger partial charge on any atom is 0.162 e. The topological polar surface area (TPSA) is 43.1 Å². The van der Waals surface area contributed by atoms with Gasteiger partial charge in [0.2, 0.25) is 0 Å². The molecular formula is C16H14FNO2S2. The molecule has 3 aromatic rings. The van der Waals surface area contributed by atoms with Crippen LogP contribution in [0.4, 0.5) is 4.39 Å². The lowest BCUT2D eigenvalue weighted by atomic mass is 10.2. The average molecular weight is 335 g/mol. The molecule has 0 fully saturated rings. The van der Waals surface area contributed by atoms with E-state index in [0.29, 0.717) is 11.5 Å². The monoisotopic (exact) mass is 335 g/mol. The molecule has 6 heteroatoms. The van der Waals surface area contributed by atoms with Crippen LogP contribution in [0.5, 0.6) is 0 Å². The van der Waals surface area contributed by atoms with Gasteiger partial charge in [0.05, 0.1) is 23.0 Å². The summed E-state index contributed by atoms with van der Waals surface area (Å²) in [5, 5.41) is 2.51. The highest BCUT2D eigenvalue weighted by Gasteiger charge is 2.16. The van der Waals surface area contributed by atoms with Crippen LogP contribution in [-0.2, 0) is 16.6 Å². The summed E-state index contributed by atoms with van der Waals surface area (Å²) in [6.07, 6.45) is 1.60. The van der Waals surface area contributed by atoms with Crippen LogP contribution >= 0.6 is 11.3 Å². The van der Waals surface area contributed by atoms with Crippen molar-refractivity contribution in [2.24, 2.45) is 0 Å². The fourth-order valence-electron chi connectivity index (χ4n) is 2.04. The van der Waals surface area contributed by atoms with Gasteiger partial charge in [0, 0.05) is 16.2 Å². The summed E-state index contributed by atoms with van der Waals surface area (Å²) in [5.74, 6) is 0.799. The number of benzene rings is 1. The Morgan fingerprint density at radius 3 is 2.77 bits per heavy atom. The van der Waals surface area contributed by atoms with E-state index in [1.165, 1.54) is 23.5 Å². The number of hydrogen-bond acceptors (Lipinski definition) is 4. The zero-order valence-electron chi connectivity index (χ0n) is 11.9. The fraction of sp³-hybridized carbons (Fsp3) is 0.188. The molecule has 0 radical (unpaired) electrons. The van der Waals surface area contributed by atoms with Crippen LogP contribution in [0.1, 0.15) is 23.4 Å². The van der Waals surface area contributed by atoms with Crippen molar-refractivity contribution in [3.8, 4) is 10.8 Å². The molecule has 0 aliphatic carbocycles. The van der Waals surface area contributed by atoms with Crippen LogP contribution < -0.4 is 0 Å². The van der Waals surface area contributed by atoms with E-state index in [-0.39, 0.29) is 11.1 Å². The quantitative estimate of drug-likeness (QED) is 0.687. The minimum atomic E-state index is -1.12. The molecule has 0 saturated carbocycles. The van der Waals surface area contributed by atoms with Crippen LogP contribution in [0.2, 0.25) is 0 Å². The van der Waals surface area contributed by atoms with E-state index in [2.05, 4.69) is 4.98 Å². The summed E-state index contributed by atoms with van der Waals surface area (Å²) in [7, 11) is -1.12. The van der Waals surface area contributed by atoms with Gasteiger partial charge in [0.1, 0.15) is 5.82 Å². The van der Waals surface area contributed by atoms with Gasteiger partial charge < -0.3 is 4.42 Å². The highest BCUT2D eigenvalue weighted by atomic mass is 32.2. The number of thiazole rings is 1. The molecule has 0 amide bonds. The number of hydrogen-bond donors (Lipinski definition) is 0. The van der Waals surface area contributed by atoms with Gasteiger partial charge in [-0.15, -0.1) is 11.3 Å². The normalized spacial score (nSPS) is 13.9. The lowest BCUT2D eigenvalue weighted by Crippen LogP contribution is -2.05. The van der Waals surface area contributed by atoms with Crippen molar-refractivity contribution < 1.29 is 13.0 Å². The average Bonchev–Trinajstić information content (AvgIpc) is 3.18. The molecule has 2 heterocycles. The van der Waals surface area contributed by atoms with Crippen molar-refractivity contribution in [1.82, 2.24) is 4.98 Å². The molecule has 1 aromatic carbocycles. The van der Waals surface area contributed by atoms with E-state index in [4.69, 9.17) is 4.42 Å². The molecule has 0 aliphatic heterocycles. The summed E-state index contributed by atoms with van der Waals surface area (Å²) >= 11 is 1.47. The third kappa shape index (κ3) is 3.34. The molecule has 22 heavy (non-hydrogen) atoms. The predicted molar refractivity (Wildman–Crippen MR) is 86.5 cm³/mol. The third-order valence-electron chi connectivity index (χ3n) is 3.31. The molecule has 3 nitrogen and oxygen atoms in total. The molecule has 0 unspecified atom stereocenters. The molecule has 0 spiro atoms. The first kappa shape index (κ1) is 15.1. The SMILES string of the molecule is C[C@H](c1ccc(F)cc1)[S@@](=O)Cc1csc(-c2ccco2)n1. The Balaban J connectivity index is 1.70. The van der Waals surface area contributed by atoms with Crippen LogP contribution in [0.3, 0.4) is 0 Å². The van der Waals surface area contributed by atoms with E-state index >= 15 is 0 Å². The van der Waals surface area contributed by atoms with Crippen molar-refractivity contribution in [3.05, 3.63) is 65.1 Å².